The van der Waals surface area contributed by atoms with Crippen LogP contribution in [0.4, 0.5) is 0 Å². The van der Waals surface area contributed by atoms with Gasteiger partial charge in [-0.15, -0.1) is 0 Å². The van der Waals surface area contributed by atoms with Crippen LogP contribution in [0.25, 0.3) is 0 Å². The van der Waals surface area contributed by atoms with Crippen molar-refractivity contribution >= 4 is 5.97 Å². The fraction of sp³-hybridized carbons (Fsp3) is 0.923. The highest BCUT2D eigenvalue weighted by atomic mass is 16.7. The summed E-state index contributed by atoms with van der Waals surface area (Å²) in [4.78, 5) is 11.7. The van der Waals surface area contributed by atoms with Crippen LogP contribution < -0.4 is 0 Å². The maximum atomic E-state index is 11.7. The highest BCUT2D eigenvalue weighted by molar-refractivity contribution is 5.70. The summed E-state index contributed by atoms with van der Waals surface area (Å²) in [6, 6.07) is 0. The van der Waals surface area contributed by atoms with Crippen LogP contribution in [0.2, 0.25) is 0 Å². The van der Waals surface area contributed by atoms with E-state index in [0.29, 0.717) is 6.42 Å². The first-order valence-corrected chi connectivity index (χ1v) is 6.29. The molecule has 0 bridgehead atoms. The SMILES string of the molecule is CC(C)(C)OC(=O)C[C@@H]1C[C@H](CO)OC(C)(C)O1. The minimum Gasteiger partial charge on any atom is -0.460 e. The lowest BCUT2D eigenvalue weighted by Crippen LogP contribution is -2.46. The monoisotopic (exact) mass is 260 g/mol. The van der Waals surface area contributed by atoms with Crippen LogP contribution in [0.3, 0.4) is 0 Å². The number of ether oxygens (including phenoxy) is 3. The third kappa shape index (κ3) is 5.33. The van der Waals surface area contributed by atoms with E-state index < -0.39 is 11.4 Å². The van der Waals surface area contributed by atoms with Gasteiger partial charge in [-0.2, -0.15) is 0 Å². The fourth-order valence-electron chi connectivity index (χ4n) is 2.03. The number of esters is 1. The molecule has 1 N–H and O–H groups in total. The topological polar surface area (TPSA) is 65.0 Å². The van der Waals surface area contributed by atoms with Crippen molar-refractivity contribution in [3.63, 3.8) is 0 Å². The van der Waals surface area contributed by atoms with Crippen LogP contribution in [0.15, 0.2) is 0 Å². The summed E-state index contributed by atoms with van der Waals surface area (Å²) in [5.41, 5.74) is -0.492. The van der Waals surface area contributed by atoms with E-state index >= 15 is 0 Å². The molecule has 0 amide bonds. The predicted molar refractivity (Wildman–Crippen MR) is 66.0 cm³/mol. The average Bonchev–Trinajstić information content (AvgIpc) is 2.11. The Morgan fingerprint density at radius 1 is 1.33 bits per heavy atom. The van der Waals surface area contributed by atoms with Crippen LogP contribution >= 0.6 is 0 Å². The molecule has 18 heavy (non-hydrogen) atoms. The summed E-state index contributed by atoms with van der Waals surface area (Å²) < 4.78 is 16.4. The molecule has 1 rings (SSSR count). The van der Waals surface area contributed by atoms with Crippen molar-refractivity contribution in [2.45, 2.75) is 71.1 Å². The van der Waals surface area contributed by atoms with Gasteiger partial charge in [-0.1, -0.05) is 0 Å². The quantitative estimate of drug-likeness (QED) is 0.781. The Labute approximate surface area is 108 Å². The van der Waals surface area contributed by atoms with Crippen LogP contribution in [0.1, 0.15) is 47.5 Å². The third-order valence-corrected chi connectivity index (χ3v) is 2.44. The van der Waals surface area contributed by atoms with E-state index in [4.69, 9.17) is 19.3 Å². The lowest BCUT2D eigenvalue weighted by molar-refractivity contribution is -0.304. The maximum Gasteiger partial charge on any atom is 0.308 e. The molecular formula is C13H24O5. The molecule has 5 heteroatoms. The summed E-state index contributed by atoms with van der Waals surface area (Å²) >= 11 is 0. The first-order chi connectivity index (χ1) is 8.11. The van der Waals surface area contributed by atoms with E-state index in [0.717, 1.165) is 0 Å². The van der Waals surface area contributed by atoms with Crippen molar-refractivity contribution in [1.82, 2.24) is 0 Å². The van der Waals surface area contributed by atoms with Crippen molar-refractivity contribution in [2.24, 2.45) is 0 Å². The van der Waals surface area contributed by atoms with E-state index in [1.807, 2.05) is 20.8 Å². The normalized spacial score (nSPS) is 27.9. The summed E-state index contributed by atoms with van der Waals surface area (Å²) in [7, 11) is 0. The summed E-state index contributed by atoms with van der Waals surface area (Å²) in [6.45, 7) is 8.97. The van der Waals surface area contributed by atoms with E-state index in [-0.39, 0.29) is 31.2 Å². The van der Waals surface area contributed by atoms with Gasteiger partial charge >= 0.3 is 5.97 Å². The number of aliphatic hydroxyl groups excluding tert-OH is 1. The molecule has 1 heterocycles. The smallest absolute Gasteiger partial charge is 0.308 e. The van der Waals surface area contributed by atoms with Gasteiger partial charge < -0.3 is 19.3 Å². The Hall–Kier alpha value is -0.650. The van der Waals surface area contributed by atoms with Crippen molar-refractivity contribution in [2.75, 3.05) is 6.61 Å². The molecule has 0 aromatic rings. The number of carbonyl (C=O) groups is 1. The molecule has 2 atom stereocenters. The average molecular weight is 260 g/mol. The van der Waals surface area contributed by atoms with Gasteiger partial charge in [0.05, 0.1) is 25.2 Å². The Kier molecular flexibility index (Phi) is 4.75. The largest absolute Gasteiger partial charge is 0.460 e. The number of hydrogen-bond donors (Lipinski definition) is 1. The first-order valence-electron chi connectivity index (χ1n) is 6.29. The second-order valence-electron chi connectivity index (χ2n) is 6.09. The number of aliphatic hydroxyl groups is 1. The van der Waals surface area contributed by atoms with Crippen LogP contribution in [0.5, 0.6) is 0 Å². The van der Waals surface area contributed by atoms with Gasteiger partial charge in [-0.3, -0.25) is 4.79 Å². The lowest BCUT2D eigenvalue weighted by Gasteiger charge is -2.40. The zero-order valence-electron chi connectivity index (χ0n) is 11.9. The Morgan fingerprint density at radius 3 is 2.39 bits per heavy atom. The van der Waals surface area contributed by atoms with Gasteiger partial charge in [0.2, 0.25) is 0 Å². The molecular weight excluding hydrogens is 236 g/mol. The second-order valence-corrected chi connectivity index (χ2v) is 6.09. The Balaban J connectivity index is 2.53. The molecule has 1 aliphatic rings. The van der Waals surface area contributed by atoms with Gasteiger partial charge in [0.15, 0.2) is 5.79 Å². The molecule has 0 spiro atoms. The van der Waals surface area contributed by atoms with E-state index in [2.05, 4.69) is 0 Å². The van der Waals surface area contributed by atoms with Crippen molar-refractivity contribution < 1.29 is 24.1 Å². The number of carbonyl (C=O) groups excluding carboxylic acids is 1. The van der Waals surface area contributed by atoms with Crippen molar-refractivity contribution in [3.8, 4) is 0 Å². The molecule has 1 aliphatic heterocycles. The molecule has 0 aromatic carbocycles. The second kappa shape index (κ2) is 5.55. The summed E-state index contributed by atoms with van der Waals surface area (Å²) in [6.07, 6.45) is 0.113. The minimum atomic E-state index is -0.779. The van der Waals surface area contributed by atoms with Crippen molar-refractivity contribution in [3.05, 3.63) is 0 Å². The molecule has 0 aromatic heterocycles. The standard InChI is InChI=1S/C13H24O5/c1-12(2,3)18-11(15)7-9-6-10(8-14)17-13(4,5)16-9/h9-10,14H,6-8H2,1-5H3/t9-,10+/m0/s1. The molecule has 106 valence electrons. The zero-order valence-corrected chi connectivity index (χ0v) is 11.9. The predicted octanol–water partition coefficient (Wildman–Crippen LogP) is 1.62. The molecule has 1 saturated heterocycles. The maximum absolute atomic E-state index is 11.7. The highest BCUT2D eigenvalue weighted by Gasteiger charge is 2.36. The van der Waals surface area contributed by atoms with Crippen LogP contribution in [-0.2, 0) is 19.0 Å². The molecule has 0 radical (unpaired) electrons. The highest BCUT2D eigenvalue weighted by Crippen LogP contribution is 2.28. The Bertz CT molecular complexity index is 292. The van der Waals surface area contributed by atoms with Gasteiger partial charge in [-0.25, -0.2) is 0 Å². The van der Waals surface area contributed by atoms with Gasteiger partial charge in [0.25, 0.3) is 0 Å². The van der Waals surface area contributed by atoms with Crippen LogP contribution in [-0.4, -0.2) is 41.3 Å². The molecule has 0 aliphatic carbocycles. The van der Waals surface area contributed by atoms with Gasteiger partial charge in [-0.05, 0) is 34.6 Å². The number of hydrogen-bond acceptors (Lipinski definition) is 5. The summed E-state index contributed by atoms with van der Waals surface area (Å²) in [5, 5.41) is 9.16. The number of rotatable bonds is 3. The third-order valence-electron chi connectivity index (χ3n) is 2.44. The van der Waals surface area contributed by atoms with E-state index in [9.17, 15) is 4.79 Å². The first kappa shape index (κ1) is 15.4. The van der Waals surface area contributed by atoms with Gasteiger partial charge in [0.1, 0.15) is 5.60 Å². The lowest BCUT2D eigenvalue weighted by atomic mass is 10.1. The zero-order chi connectivity index (χ0) is 14.0. The molecule has 1 fully saturated rings. The van der Waals surface area contributed by atoms with E-state index in [1.165, 1.54) is 0 Å². The minimum absolute atomic E-state index is 0.0718. The molecule has 0 unspecified atom stereocenters. The fourth-order valence-corrected chi connectivity index (χ4v) is 2.03. The molecule has 0 saturated carbocycles. The Morgan fingerprint density at radius 2 is 1.89 bits per heavy atom. The van der Waals surface area contributed by atoms with Crippen LogP contribution in [0, 0.1) is 0 Å². The summed E-state index contributed by atoms with van der Waals surface area (Å²) in [5.74, 6) is -1.07. The van der Waals surface area contributed by atoms with Gasteiger partial charge in [0, 0.05) is 6.42 Å². The molecule has 5 nitrogen and oxygen atoms in total. The van der Waals surface area contributed by atoms with Crippen molar-refractivity contribution in [1.29, 1.82) is 0 Å². The van der Waals surface area contributed by atoms with E-state index in [1.54, 1.807) is 13.8 Å².